The van der Waals surface area contributed by atoms with Crippen LogP contribution in [0, 0.1) is 0 Å². The first-order valence-corrected chi connectivity index (χ1v) is 13.6. The highest BCUT2D eigenvalue weighted by atomic mass is 14.0. The summed E-state index contributed by atoms with van der Waals surface area (Å²) in [6.07, 6.45) is 43.0. The zero-order valence-corrected chi connectivity index (χ0v) is 19.5. The second-order valence-electron chi connectivity index (χ2n) is 9.53. The molecule has 0 N–H and O–H groups in total. The predicted molar refractivity (Wildman–Crippen MR) is 129 cm³/mol. The molecule has 0 radical (unpaired) electrons. The molecule has 0 aliphatic heterocycles. The molecule has 0 aromatic rings. The van der Waals surface area contributed by atoms with Gasteiger partial charge >= 0.3 is 0 Å². The fourth-order valence-corrected chi connectivity index (χ4v) is 4.65. The van der Waals surface area contributed by atoms with Crippen molar-refractivity contribution in [2.75, 3.05) is 0 Å². The minimum absolute atomic E-state index is 1.32. The van der Waals surface area contributed by atoms with Crippen molar-refractivity contribution in [1.29, 1.82) is 0 Å². The smallest absolute Gasteiger partial charge is 0.0351 e. The Morgan fingerprint density at radius 3 is 0.500 bits per heavy atom. The van der Waals surface area contributed by atoms with Gasteiger partial charge in [0.2, 0.25) is 0 Å². The van der Waals surface area contributed by atoms with Crippen molar-refractivity contribution in [3.8, 4) is 0 Å². The Labute approximate surface area is 179 Å². The summed E-state index contributed by atoms with van der Waals surface area (Å²) in [6, 6.07) is 0. The van der Waals surface area contributed by atoms with Gasteiger partial charge in [0, 0.05) is 0 Å². The maximum absolute atomic E-state index is 2.45. The lowest BCUT2D eigenvalue weighted by atomic mass is 10.0. The summed E-state index contributed by atoms with van der Waals surface area (Å²) in [6.45, 7) is 0. The van der Waals surface area contributed by atoms with E-state index in [4.69, 9.17) is 0 Å². The van der Waals surface area contributed by atoms with Gasteiger partial charge in [-0.2, -0.15) is 0 Å². The van der Waals surface area contributed by atoms with Crippen LogP contribution < -0.4 is 0 Å². The first-order chi connectivity index (χ1) is 14.0. The Kier molecular flexibility index (Phi) is 21.2. The molecule has 0 nitrogen and oxygen atoms in total. The van der Waals surface area contributed by atoms with E-state index in [-0.39, 0.29) is 0 Å². The zero-order chi connectivity index (χ0) is 19.8. The molecular weight excluding hydrogens is 336 g/mol. The monoisotopic (exact) mass is 390 g/mol. The molecule has 1 aliphatic carbocycles. The summed E-state index contributed by atoms with van der Waals surface area (Å²) >= 11 is 0. The van der Waals surface area contributed by atoms with E-state index in [9.17, 15) is 0 Å². The van der Waals surface area contributed by atoms with Crippen LogP contribution in [-0.4, -0.2) is 0 Å². The highest BCUT2D eigenvalue weighted by molar-refractivity contribution is 4.81. The molecule has 0 amide bonds. The third kappa shape index (κ3) is 20.5. The van der Waals surface area contributed by atoms with Crippen LogP contribution in [0.2, 0.25) is 0 Å². The quantitative estimate of drug-likeness (QED) is 0.361. The highest BCUT2D eigenvalue weighted by Crippen LogP contribution is 2.16. The number of allylic oxidation sites excluding steroid dienone is 2. The summed E-state index contributed by atoms with van der Waals surface area (Å²) in [5.41, 5.74) is 0. The average Bonchev–Trinajstić information content (AvgIpc) is 2.71. The fourth-order valence-electron chi connectivity index (χ4n) is 4.65. The molecular formula is C28H54. The molecule has 0 spiro atoms. The van der Waals surface area contributed by atoms with E-state index >= 15 is 0 Å². The fraction of sp³-hybridized carbons (Fsp3) is 0.929. The van der Waals surface area contributed by atoms with Gasteiger partial charge in [-0.25, -0.2) is 0 Å². The Balaban J connectivity index is 2.04. The minimum Gasteiger partial charge on any atom is -0.0885 e. The lowest BCUT2D eigenvalue weighted by Gasteiger charge is -2.04. The first-order valence-electron chi connectivity index (χ1n) is 13.6. The Morgan fingerprint density at radius 2 is 0.321 bits per heavy atom. The van der Waals surface area contributed by atoms with Crippen LogP contribution in [0.25, 0.3) is 0 Å². The van der Waals surface area contributed by atoms with E-state index in [1.807, 2.05) is 0 Å². The second-order valence-corrected chi connectivity index (χ2v) is 9.53. The van der Waals surface area contributed by atoms with E-state index in [2.05, 4.69) is 12.2 Å². The molecule has 0 atom stereocenters. The van der Waals surface area contributed by atoms with Crippen molar-refractivity contribution in [2.24, 2.45) is 0 Å². The average molecular weight is 391 g/mol. The van der Waals surface area contributed by atoms with Gasteiger partial charge in [-0.05, 0) is 25.7 Å². The topological polar surface area (TPSA) is 0 Å². The van der Waals surface area contributed by atoms with Gasteiger partial charge in [0.25, 0.3) is 0 Å². The van der Waals surface area contributed by atoms with Crippen LogP contribution in [0.1, 0.15) is 167 Å². The van der Waals surface area contributed by atoms with E-state index in [1.54, 1.807) is 0 Å². The molecule has 0 heteroatoms. The Morgan fingerprint density at radius 1 is 0.179 bits per heavy atom. The summed E-state index contributed by atoms with van der Waals surface area (Å²) in [4.78, 5) is 0. The Hall–Kier alpha value is -0.260. The summed E-state index contributed by atoms with van der Waals surface area (Å²) in [5, 5.41) is 0. The van der Waals surface area contributed by atoms with Crippen molar-refractivity contribution in [3.63, 3.8) is 0 Å². The van der Waals surface area contributed by atoms with Gasteiger partial charge in [-0.1, -0.05) is 153 Å². The van der Waals surface area contributed by atoms with Crippen molar-refractivity contribution in [3.05, 3.63) is 12.2 Å². The SMILES string of the molecule is C1=CCCCCCCCCCCCCCCCCCCCCCCCCCC1. The summed E-state index contributed by atoms with van der Waals surface area (Å²) < 4.78 is 0. The van der Waals surface area contributed by atoms with Crippen molar-refractivity contribution in [2.45, 2.75) is 167 Å². The van der Waals surface area contributed by atoms with Gasteiger partial charge in [0.1, 0.15) is 0 Å². The second kappa shape index (κ2) is 23.0. The summed E-state index contributed by atoms with van der Waals surface area (Å²) in [7, 11) is 0. The van der Waals surface area contributed by atoms with E-state index in [0.29, 0.717) is 0 Å². The normalized spacial score (nSPS) is 23.4. The van der Waals surface area contributed by atoms with Crippen molar-refractivity contribution < 1.29 is 0 Å². The lowest BCUT2D eigenvalue weighted by molar-refractivity contribution is 0.516. The van der Waals surface area contributed by atoms with Gasteiger partial charge in [0.05, 0.1) is 0 Å². The lowest BCUT2D eigenvalue weighted by Crippen LogP contribution is -1.85. The summed E-state index contributed by atoms with van der Waals surface area (Å²) in [5.74, 6) is 0. The third-order valence-electron chi connectivity index (χ3n) is 6.66. The maximum atomic E-state index is 2.45. The minimum atomic E-state index is 1.32. The van der Waals surface area contributed by atoms with Gasteiger partial charge in [0.15, 0.2) is 0 Å². The van der Waals surface area contributed by atoms with Crippen LogP contribution in [0.3, 0.4) is 0 Å². The molecule has 0 aromatic heterocycles. The number of hydrogen-bond donors (Lipinski definition) is 0. The highest BCUT2D eigenvalue weighted by Gasteiger charge is 1.96. The third-order valence-corrected chi connectivity index (χ3v) is 6.66. The molecule has 1 aliphatic rings. The van der Waals surface area contributed by atoms with Crippen molar-refractivity contribution >= 4 is 0 Å². The molecule has 0 fully saturated rings. The van der Waals surface area contributed by atoms with Crippen LogP contribution >= 0.6 is 0 Å². The van der Waals surface area contributed by atoms with Gasteiger partial charge < -0.3 is 0 Å². The van der Waals surface area contributed by atoms with Gasteiger partial charge in [-0.15, -0.1) is 0 Å². The Bertz CT molecular complexity index is 273. The standard InChI is InChI=1S/C28H54/c1-2-4-6-8-10-12-14-16-18-20-22-24-26-28-27-25-23-21-19-17-15-13-11-9-7-5-3-1/h1-2H,3-28H2. The molecule has 0 aromatic carbocycles. The molecule has 28 heavy (non-hydrogen) atoms. The van der Waals surface area contributed by atoms with Crippen LogP contribution in [0.4, 0.5) is 0 Å². The predicted octanol–water partition coefficient (Wildman–Crippen LogP) is 10.7. The van der Waals surface area contributed by atoms with Gasteiger partial charge in [-0.3, -0.25) is 0 Å². The molecule has 0 saturated heterocycles. The number of rotatable bonds is 0. The van der Waals surface area contributed by atoms with Crippen LogP contribution in [0.15, 0.2) is 12.2 Å². The first kappa shape index (κ1) is 25.8. The van der Waals surface area contributed by atoms with Crippen LogP contribution in [0.5, 0.6) is 0 Å². The zero-order valence-electron chi connectivity index (χ0n) is 19.5. The molecule has 0 saturated carbocycles. The molecule has 0 heterocycles. The molecule has 1 rings (SSSR count). The maximum Gasteiger partial charge on any atom is -0.0351 e. The molecule has 0 bridgehead atoms. The van der Waals surface area contributed by atoms with Crippen molar-refractivity contribution in [1.82, 2.24) is 0 Å². The molecule has 0 unspecified atom stereocenters. The van der Waals surface area contributed by atoms with E-state index in [0.717, 1.165) is 0 Å². The van der Waals surface area contributed by atoms with Crippen LogP contribution in [-0.2, 0) is 0 Å². The van der Waals surface area contributed by atoms with E-state index in [1.165, 1.54) is 167 Å². The number of hydrogen-bond acceptors (Lipinski definition) is 0. The largest absolute Gasteiger partial charge is 0.0885 e. The molecule has 166 valence electrons. The van der Waals surface area contributed by atoms with E-state index < -0.39 is 0 Å².